The summed E-state index contributed by atoms with van der Waals surface area (Å²) >= 11 is 1.52. The molecule has 3 N–H and O–H groups in total. The van der Waals surface area contributed by atoms with Gasteiger partial charge in [-0.25, -0.2) is 0 Å². The van der Waals surface area contributed by atoms with Gasteiger partial charge in [-0.2, -0.15) is 0 Å². The first kappa shape index (κ1) is 15.2. The van der Waals surface area contributed by atoms with E-state index in [1.54, 1.807) is 0 Å². The number of nitrogens with one attached hydrogen (secondary N) is 1. The number of amides is 1. The van der Waals surface area contributed by atoms with Gasteiger partial charge in [-0.3, -0.25) is 4.79 Å². The largest absolute Gasteiger partial charge is 0.397 e. The van der Waals surface area contributed by atoms with Crippen LogP contribution in [0.3, 0.4) is 0 Å². The van der Waals surface area contributed by atoms with Gasteiger partial charge in [-0.05, 0) is 38.2 Å². The van der Waals surface area contributed by atoms with Crippen LogP contribution < -0.4 is 16.0 Å². The number of nitrogens with two attached hydrogens (primary N) is 1. The van der Waals surface area contributed by atoms with Gasteiger partial charge in [0.2, 0.25) is 0 Å². The molecule has 1 unspecified atom stereocenters. The van der Waals surface area contributed by atoms with Crippen molar-refractivity contribution in [1.29, 1.82) is 0 Å². The van der Waals surface area contributed by atoms with Gasteiger partial charge in [-0.15, -0.1) is 11.3 Å². The van der Waals surface area contributed by atoms with E-state index in [4.69, 9.17) is 5.73 Å². The average molecular weight is 295 g/mol. The summed E-state index contributed by atoms with van der Waals surface area (Å²) in [7, 11) is 0. The van der Waals surface area contributed by atoms with Gasteiger partial charge >= 0.3 is 0 Å². The maximum absolute atomic E-state index is 11.9. The lowest BCUT2D eigenvalue weighted by atomic mass is 9.98. The molecule has 2 rings (SSSR count). The van der Waals surface area contributed by atoms with Crippen LogP contribution >= 0.6 is 11.3 Å². The molecule has 1 atom stereocenters. The Morgan fingerprint density at radius 3 is 2.95 bits per heavy atom. The van der Waals surface area contributed by atoms with Crippen LogP contribution in [0.5, 0.6) is 0 Å². The second-order valence-corrected chi connectivity index (χ2v) is 6.45. The summed E-state index contributed by atoms with van der Waals surface area (Å²) in [6.07, 6.45) is 5.05. The molecule has 1 aliphatic heterocycles. The Morgan fingerprint density at radius 2 is 2.25 bits per heavy atom. The minimum atomic E-state index is -0.0532. The summed E-state index contributed by atoms with van der Waals surface area (Å²) in [5.74, 6) is 0.794. The monoisotopic (exact) mass is 295 g/mol. The molecule has 0 spiro atoms. The molecular formula is C15H25N3OS. The molecule has 0 radical (unpaired) electrons. The van der Waals surface area contributed by atoms with Gasteiger partial charge in [0.25, 0.3) is 5.91 Å². The quantitative estimate of drug-likeness (QED) is 0.897. The smallest absolute Gasteiger partial charge is 0.263 e. The van der Waals surface area contributed by atoms with Gasteiger partial charge in [0, 0.05) is 19.6 Å². The van der Waals surface area contributed by atoms with Crippen LogP contribution in [0.15, 0.2) is 6.07 Å². The van der Waals surface area contributed by atoms with Gasteiger partial charge in [0.15, 0.2) is 0 Å². The van der Waals surface area contributed by atoms with Crippen molar-refractivity contribution in [2.45, 2.75) is 39.5 Å². The molecule has 0 bridgehead atoms. The first-order valence-corrected chi connectivity index (χ1v) is 8.39. The standard InChI is InChI=1S/C15H25N3OS/c1-3-11-6-5-8-18(9-7-11)13-10-12(16)14(20-13)15(19)17-4-2/h10-11H,3-9,16H2,1-2H3,(H,17,19). The molecule has 1 saturated heterocycles. The van der Waals surface area contributed by atoms with Crippen molar-refractivity contribution < 1.29 is 4.79 Å². The molecule has 4 nitrogen and oxygen atoms in total. The van der Waals surface area contributed by atoms with E-state index in [0.717, 1.165) is 24.0 Å². The second kappa shape index (κ2) is 6.97. The van der Waals surface area contributed by atoms with Crippen molar-refractivity contribution in [3.05, 3.63) is 10.9 Å². The predicted molar refractivity (Wildman–Crippen MR) is 86.6 cm³/mol. The number of thiophene rings is 1. The van der Waals surface area contributed by atoms with Crippen molar-refractivity contribution in [3.8, 4) is 0 Å². The molecule has 0 aliphatic carbocycles. The Balaban J connectivity index is 2.09. The third-order valence-electron chi connectivity index (χ3n) is 4.03. The number of hydrogen-bond acceptors (Lipinski definition) is 4. The highest BCUT2D eigenvalue weighted by Crippen LogP contribution is 2.34. The lowest BCUT2D eigenvalue weighted by Gasteiger charge is -2.20. The number of carbonyl (C=O) groups excluding carboxylic acids is 1. The van der Waals surface area contributed by atoms with Crippen molar-refractivity contribution in [2.75, 3.05) is 30.3 Å². The SMILES string of the molecule is CCNC(=O)c1sc(N2CCCC(CC)CC2)cc1N. The van der Waals surface area contributed by atoms with E-state index >= 15 is 0 Å². The van der Waals surface area contributed by atoms with Crippen LogP contribution in [0.1, 0.15) is 49.2 Å². The van der Waals surface area contributed by atoms with Crippen molar-refractivity contribution in [2.24, 2.45) is 5.92 Å². The zero-order valence-electron chi connectivity index (χ0n) is 12.4. The number of nitrogens with zero attached hydrogens (tertiary/aromatic N) is 1. The highest BCUT2D eigenvalue weighted by molar-refractivity contribution is 7.18. The summed E-state index contributed by atoms with van der Waals surface area (Å²) in [6, 6.07) is 1.96. The van der Waals surface area contributed by atoms with Gasteiger partial charge in [0.05, 0.1) is 10.7 Å². The molecule has 112 valence electrons. The fourth-order valence-corrected chi connectivity index (χ4v) is 3.81. The van der Waals surface area contributed by atoms with E-state index in [1.807, 2.05) is 13.0 Å². The molecule has 1 aromatic rings. The maximum atomic E-state index is 11.9. The van der Waals surface area contributed by atoms with Crippen LogP contribution in [0.4, 0.5) is 10.7 Å². The summed E-state index contributed by atoms with van der Waals surface area (Å²) in [5.41, 5.74) is 6.60. The molecule has 2 heterocycles. The topological polar surface area (TPSA) is 58.4 Å². The van der Waals surface area contributed by atoms with Crippen LogP contribution in [0, 0.1) is 5.92 Å². The van der Waals surface area contributed by atoms with Gasteiger partial charge in [-0.1, -0.05) is 13.3 Å². The lowest BCUT2D eigenvalue weighted by Crippen LogP contribution is -2.23. The molecule has 1 aliphatic rings. The summed E-state index contributed by atoms with van der Waals surface area (Å²) in [6.45, 7) is 6.98. The fourth-order valence-electron chi connectivity index (χ4n) is 2.76. The zero-order valence-corrected chi connectivity index (χ0v) is 13.3. The molecule has 0 saturated carbocycles. The lowest BCUT2D eigenvalue weighted by molar-refractivity contribution is 0.0960. The van der Waals surface area contributed by atoms with Gasteiger partial charge < -0.3 is 16.0 Å². The van der Waals surface area contributed by atoms with Gasteiger partial charge in [0.1, 0.15) is 4.88 Å². The fraction of sp³-hybridized carbons (Fsp3) is 0.667. The van der Waals surface area contributed by atoms with E-state index in [0.29, 0.717) is 17.1 Å². The molecular weight excluding hydrogens is 270 g/mol. The minimum absolute atomic E-state index is 0.0532. The Bertz CT molecular complexity index is 458. The average Bonchev–Trinajstić information content (AvgIpc) is 2.68. The molecule has 0 aromatic carbocycles. The third-order valence-corrected chi connectivity index (χ3v) is 5.24. The van der Waals surface area contributed by atoms with E-state index in [1.165, 1.54) is 37.0 Å². The second-order valence-electron chi connectivity index (χ2n) is 5.42. The van der Waals surface area contributed by atoms with E-state index < -0.39 is 0 Å². The summed E-state index contributed by atoms with van der Waals surface area (Å²) in [4.78, 5) is 15.0. The first-order chi connectivity index (χ1) is 9.65. The zero-order chi connectivity index (χ0) is 14.5. The first-order valence-electron chi connectivity index (χ1n) is 7.58. The minimum Gasteiger partial charge on any atom is -0.397 e. The van der Waals surface area contributed by atoms with Crippen molar-refractivity contribution >= 4 is 27.9 Å². The molecule has 1 fully saturated rings. The number of carbonyl (C=O) groups is 1. The van der Waals surface area contributed by atoms with E-state index in [9.17, 15) is 4.79 Å². The maximum Gasteiger partial charge on any atom is 0.263 e. The van der Waals surface area contributed by atoms with Crippen LogP contribution in [0.25, 0.3) is 0 Å². The molecule has 1 amide bonds. The van der Waals surface area contributed by atoms with Crippen molar-refractivity contribution in [3.63, 3.8) is 0 Å². The highest BCUT2D eigenvalue weighted by atomic mass is 32.1. The number of nitrogen functional groups attached to an aromatic ring is 1. The van der Waals surface area contributed by atoms with E-state index in [-0.39, 0.29) is 5.91 Å². The van der Waals surface area contributed by atoms with Crippen molar-refractivity contribution in [1.82, 2.24) is 5.32 Å². The molecule has 5 heteroatoms. The summed E-state index contributed by atoms with van der Waals surface area (Å²) < 4.78 is 0. The van der Waals surface area contributed by atoms with Crippen LogP contribution in [0.2, 0.25) is 0 Å². The highest BCUT2D eigenvalue weighted by Gasteiger charge is 2.20. The summed E-state index contributed by atoms with van der Waals surface area (Å²) in [5, 5.41) is 3.96. The third kappa shape index (κ3) is 3.45. The van der Waals surface area contributed by atoms with E-state index in [2.05, 4.69) is 17.1 Å². The molecule has 1 aromatic heterocycles. The Hall–Kier alpha value is -1.23. The van der Waals surface area contributed by atoms with Crippen LogP contribution in [-0.4, -0.2) is 25.5 Å². The number of anilines is 2. The Kier molecular flexibility index (Phi) is 5.29. The Labute approximate surface area is 125 Å². The predicted octanol–water partition coefficient (Wildman–Crippen LogP) is 3.10. The van der Waals surface area contributed by atoms with Crippen LogP contribution in [-0.2, 0) is 0 Å². The Morgan fingerprint density at radius 1 is 1.45 bits per heavy atom. The molecule has 20 heavy (non-hydrogen) atoms. The normalized spacial score (nSPS) is 19.7. The number of rotatable bonds is 4. The number of hydrogen-bond donors (Lipinski definition) is 2.